The molecule has 2 heterocycles. The van der Waals surface area contributed by atoms with Crippen LogP contribution < -0.4 is 15.8 Å². The highest BCUT2D eigenvalue weighted by molar-refractivity contribution is 5.94. The van der Waals surface area contributed by atoms with Crippen molar-refractivity contribution in [2.75, 3.05) is 19.8 Å². The molecule has 0 aromatic heterocycles. The molecule has 2 aliphatic heterocycles. The summed E-state index contributed by atoms with van der Waals surface area (Å²) in [7, 11) is 0. The first-order valence-corrected chi connectivity index (χ1v) is 12.9. The van der Waals surface area contributed by atoms with E-state index in [4.69, 9.17) is 15.2 Å². The lowest BCUT2D eigenvalue weighted by Crippen LogP contribution is -2.38. The van der Waals surface area contributed by atoms with Gasteiger partial charge < -0.3 is 25.4 Å². The van der Waals surface area contributed by atoms with Gasteiger partial charge in [-0.2, -0.15) is 0 Å². The summed E-state index contributed by atoms with van der Waals surface area (Å²) in [6.07, 6.45) is 2.06. The molecule has 3 N–H and O–H groups in total. The lowest BCUT2D eigenvalue weighted by molar-refractivity contribution is -0.128. The summed E-state index contributed by atoms with van der Waals surface area (Å²) in [5.74, 6) is 0.451. The number of carbonyl (C=O) groups excluding carboxylic acids is 3. The monoisotopic (exact) mass is 513 g/mol. The molecule has 3 amide bonds. The lowest BCUT2D eigenvalue weighted by Gasteiger charge is -2.23. The van der Waals surface area contributed by atoms with Crippen LogP contribution in [-0.4, -0.2) is 48.4 Å². The third-order valence-corrected chi connectivity index (χ3v) is 7.10. The van der Waals surface area contributed by atoms with Crippen molar-refractivity contribution in [3.63, 3.8) is 0 Å². The fraction of sp³-hybridized carbons (Fsp3) is 0.300. The first kappa shape index (κ1) is 25.5. The van der Waals surface area contributed by atoms with Gasteiger partial charge in [-0.05, 0) is 54.8 Å². The molecule has 2 saturated heterocycles. The molecule has 3 aromatic carbocycles. The van der Waals surface area contributed by atoms with Crippen molar-refractivity contribution < 1.29 is 23.9 Å². The zero-order valence-corrected chi connectivity index (χ0v) is 21.1. The molecule has 0 saturated carbocycles. The van der Waals surface area contributed by atoms with E-state index >= 15 is 0 Å². The molecule has 3 aromatic rings. The topological polar surface area (TPSA) is 111 Å². The Labute approximate surface area is 221 Å². The highest BCUT2D eigenvalue weighted by Crippen LogP contribution is 2.33. The Hall–Kier alpha value is -4.17. The SMILES string of the molecule is NC(=O)c1ccc(CN2C[C@H](c3ccccc3)CC2=O)c(Oc2ccc(C(=O)NC3CCOCC3)cc2)c1. The molecular weight excluding hydrogens is 482 g/mol. The van der Waals surface area contributed by atoms with Gasteiger partial charge in [-0.1, -0.05) is 36.4 Å². The zero-order chi connectivity index (χ0) is 26.5. The summed E-state index contributed by atoms with van der Waals surface area (Å²) in [5, 5.41) is 3.04. The van der Waals surface area contributed by atoms with Crippen molar-refractivity contribution in [1.82, 2.24) is 10.2 Å². The largest absolute Gasteiger partial charge is 0.457 e. The molecule has 1 atom stereocenters. The van der Waals surface area contributed by atoms with Crippen LogP contribution in [0.2, 0.25) is 0 Å². The summed E-state index contributed by atoms with van der Waals surface area (Å²) in [4.78, 5) is 39.1. The number of nitrogens with one attached hydrogen (secondary N) is 1. The van der Waals surface area contributed by atoms with Crippen LogP contribution in [0, 0.1) is 0 Å². The fourth-order valence-corrected chi connectivity index (χ4v) is 4.92. The van der Waals surface area contributed by atoms with Crippen LogP contribution in [0.25, 0.3) is 0 Å². The van der Waals surface area contributed by atoms with Gasteiger partial charge in [0.2, 0.25) is 11.8 Å². The predicted molar refractivity (Wildman–Crippen MR) is 142 cm³/mol. The first-order chi connectivity index (χ1) is 18.5. The Bertz CT molecular complexity index is 1300. The Morgan fingerprint density at radius 2 is 1.68 bits per heavy atom. The molecule has 38 heavy (non-hydrogen) atoms. The minimum absolute atomic E-state index is 0.0728. The number of nitrogens with zero attached hydrogens (tertiary/aromatic N) is 1. The summed E-state index contributed by atoms with van der Waals surface area (Å²) in [5.41, 5.74) is 8.26. The van der Waals surface area contributed by atoms with Gasteiger partial charge in [-0.25, -0.2) is 0 Å². The van der Waals surface area contributed by atoms with Crippen LogP contribution >= 0.6 is 0 Å². The number of amides is 3. The van der Waals surface area contributed by atoms with Crippen molar-refractivity contribution in [3.05, 3.63) is 95.1 Å². The van der Waals surface area contributed by atoms with Crippen LogP contribution in [0.4, 0.5) is 0 Å². The fourth-order valence-electron chi connectivity index (χ4n) is 4.92. The third kappa shape index (κ3) is 6.03. The van der Waals surface area contributed by atoms with Crippen molar-refractivity contribution in [3.8, 4) is 11.5 Å². The van der Waals surface area contributed by atoms with E-state index in [1.165, 1.54) is 0 Å². The molecule has 5 rings (SSSR count). The number of carbonyl (C=O) groups is 3. The number of likely N-dealkylation sites (tertiary alicyclic amines) is 1. The van der Waals surface area contributed by atoms with Crippen molar-refractivity contribution in [1.29, 1.82) is 0 Å². The van der Waals surface area contributed by atoms with Crippen LogP contribution in [0.3, 0.4) is 0 Å². The van der Waals surface area contributed by atoms with Gasteiger partial charge in [0.15, 0.2) is 0 Å². The van der Waals surface area contributed by atoms with E-state index in [1.807, 2.05) is 35.2 Å². The summed E-state index contributed by atoms with van der Waals surface area (Å²) < 4.78 is 11.5. The van der Waals surface area contributed by atoms with E-state index in [0.29, 0.717) is 55.4 Å². The van der Waals surface area contributed by atoms with E-state index in [0.717, 1.165) is 24.0 Å². The Balaban J connectivity index is 1.30. The molecule has 8 heteroatoms. The van der Waals surface area contributed by atoms with E-state index in [-0.39, 0.29) is 23.8 Å². The summed E-state index contributed by atoms with van der Waals surface area (Å²) >= 11 is 0. The smallest absolute Gasteiger partial charge is 0.251 e. The predicted octanol–water partition coefficient (Wildman–Crippen LogP) is 4.00. The number of hydrogen-bond donors (Lipinski definition) is 2. The highest BCUT2D eigenvalue weighted by atomic mass is 16.5. The standard InChI is InChI=1S/C30H31N3O5/c31-29(35)22-6-7-23(18-33-19-24(17-28(33)34)20-4-2-1-3-5-20)27(16-22)38-26-10-8-21(9-11-26)30(36)32-25-12-14-37-15-13-25/h1-11,16,24-25H,12-15,17-19H2,(H2,31,35)(H,32,36)/t24-/m1/s1. The number of nitrogens with two attached hydrogens (primary N) is 1. The van der Waals surface area contributed by atoms with Crippen molar-refractivity contribution >= 4 is 17.7 Å². The normalized spacial score (nSPS) is 17.8. The molecule has 0 radical (unpaired) electrons. The van der Waals surface area contributed by atoms with Gasteiger partial charge in [-0.3, -0.25) is 14.4 Å². The quantitative estimate of drug-likeness (QED) is 0.473. The maximum absolute atomic E-state index is 12.8. The summed E-state index contributed by atoms with van der Waals surface area (Å²) in [6.45, 7) is 2.26. The Morgan fingerprint density at radius 3 is 2.39 bits per heavy atom. The first-order valence-electron chi connectivity index (χ1n) is 12.9. The van der Waals surface area contributed by atoms with Gasteiger partial charge in [0.05, 0.1) is 0 Å². The number of hydrogen-bond acceptors (Lipinski definition) is 5. The second-order valence-electron chi connectivity index (χ2n) is 9.76. The van der Waals surface area contributed by atoms with Gasteiger partial charge in [0.1, 0.15) is 11.5 Å². The van der Waals surface area contributed by atoms with Crippen LogP contribution in [-0.2, 0) is 16.1 Å². The maximum atomic E-state index is 12.8. The van der Waals surface area contributed by atoms with Crippen LogP contribution in [0.5, 0.6) is 11.5 Å². The highest BCUT2D eigenvalue weighted by Gasteiger charge is 2.31. The Morgan fingerprint density at radius 1 is 0.974 bits per heavy atom. The maximum Gasteiger partial charge on any atom is 0.251 e. The third-order valence-electron chi connectivity index (χ3n) is 7.10. The Kier molecular flexibility index (Phi) is 7.70. The second-order valence-corrected chi connectivity index (χ2v) is 9.76. The zero-order valence-electron chi connectivity index (χ0n) is 21.1. The molecule has 196 valence electrons. The molecule has 0 aliphatic carbocycles. The summed E-state index contributed by atoms with van der Waals surface area (Å²) in [6, 6.07) is 22.0. The van der Waals surface area contributed by atoms with Gasteiger partial charge >= 0.3 is 0 Å². The van der Waals surface area contributed by atoms with Crippen LogP contribution in [0.15, 0.2) is 72.8 Å². The molecular formula is C30H31N3O5. The van der Waals surface area contributed by atoms with Gasteiger partial charge in [-0.15, -0.1) is 0 Å². The molecule has 0 spiro atoms. The van der Waals surface area contributed by atoms with E-state index < -0.39 is 5.91 Å². The number of benzene rings is 3. The minimum Gasteiger partial charge on any atom is -0.457 e. The average Bonchev–Trinajstić information content (AvgIpc) is 3.31. The van der Waals surface area contributed by atoms with Gasteiger partial charge in [0.25, 0.3) is 5.91 Å². The second kappa shape index (κ2) is 11.5. The number of primary amides is 1. The number of ether oxygens (including phenoxy) is 2. The van der Waals surface area contributed by atoms with E-state index in [1.54, 1.807) is 42.5 Å². The van der Waals surface area contributed by atoms with Crippen molar-refractivity contribution in [2.24, 2.45) is 5.73 Å². The van der Waals surface area contributed by atoms with Crippen LogP contribution in [0.1, 0.15) is 57.0 Å². The van der Waals surface area contributed by atoms with Gasteiger partial charge in [0, 0.05) is 61.4 Å². The molecule has 0 bridgehead atoms. The van der Waals surface area contributed by atoms with E-state index in [2.05, 4.69) is 5.32 Å². The van der Waals surface area contributed by atoms with E-state index in [9.17, 15) is 14.4 Å². The number of rotatable bonds is 8. The lowest BCUT2D eigenvalue weighted by atomic mass is 9.98. The molecule has 0 unspecified atom stereocenters. The molecule has 8 nitrogen and oxygen atoms in total. The minimum atomic E-state index is -0.567. The van der Waals surface area contributed by atoms with Crippen molar-refractivity contribution in [2.45, 2.75) is 37.8 Å². The molecule has 2 aliphatic rings. The average molecular weight is 514 g/mol. The molecule has 2 fully saturated rings.